The van der Waals surface area contributed by atoms with E-state index in [4.69, 9.17) is 0 Å². The highest BCUT2D eigenvalue weighted by Crippen LogP contribution is 2.26. The molecule has 0 spiro atoms. The monoisotopic (exact) mass is 266 g/mol. The van der Waals surface area contributed by atoms with Crippen LogP contribution in [0.1, 0.15) is 45.2 Å². The van der Waals surface area contributed by atoms with Gasteiger partial charge in [0.05, 0.1) is 5.39 Å². The van der Waals surface area contributed by atoms with Crippen molar-refractivity contribution in [1.82, 2.24) is 0 Å². The highest BCUT2D eigenvalue weighted by molar-refractivity contribution is 5.87. The maximum atomic E-state index is 13.4. The molecule has 0 radical (unpaired) electrons. The van der Waals surface area contributed by atoms with E-state index in [1.54, 1.807) is 12.1 Å². The Morgan fingerprint density at radius 2 is 1.47 bits per heavy atom. The summed E-state index contributed by atoms with van der Waals surface area (Å²) in [5.41, 5.74) is 1.78. The van der Waals surface area contributed by atoms with Crippen LogP contribution in [0.15, 0.2) is 24.3 Å². The van der Waals surface area contributed by atoms with Crippen molar-refractivity contribution in [2.24, 2.45) is 0 Å². The number of fused-ring (bicyclic) bond motifs is 1. The lowest BCUT2D eigenvalue weighted by Crippen LogP contribution is -1.91. The lowest BCUT2D eigenvalue weighted by Gasteiger charge is -2.07. The standard InChI is InChI=1S/C12H10F2.C3H8.C2H6/c1-7-6-11(14)12-9(8(7)2)4-3-5-10(12)13;1-3-2;1-2/h3-6H,1-2H3;3H2,1-2H3;1-2H3. The van der Waals surface area contributed by atoms with Crippen molar-refractivity contribution < 1.29 is 8.78 Å². The summed E-state index contributed by atoms with van der Waals surface area (Å²) in [5, 5.41) is 0.748. The first-order valence-electron chi connectivity index (χ1n) is 6.86. The summed E-state index contributed by atoms with van der Waals surface area (Å²) in [6, 6.07) is 5.99. The van der Waals surface area contributed by atoms with Crippen molar-refractivity contribution in [2.75, 3.05) is 0 Å². The van der Waals surface area contributed by atoms with Gasteiger partial charge >= 0.3 is 0 Å². The van der Waals surface area contributed by atoms with Gasteiger partial charge < -0.3 is 0 Å². The molecule has 2 heteroatoms. The molecule has 0 nitrogen and oxygen atoms in total. The second kappa shape index (κ2) is 8.63. The first-order valence-corrected chi connectivity index (χ1v) is 6.86. The van der Waals surface area contributed by atoms with Crippen LogP contribution in [0.5, 0.6) is 0 Å². The smallest absolute Gasteiger partial charge is 0.134 e. The Labute approximate surface area is 115 Å². The van der Waals surface area contributed by atoms with Gasteiger partial charge in [-0.05, 0) is 42.5 Å². The summed E-state index contributed by atoms with van der Waals surface area (Å²) in [5.74, 6) is -0.982. The molecular weight excluding hydrogens is 242 g/mol. The van der Waals surface area contributed by atoms with Gasteiger partial charge in [-0.25, -0.2) is 8.78 Å². The highest BCUT2D eigenvalue weighted by Gasteiger charge is 2.09. The van der Waals surface area contributed by atoms with Gasteiger partial charge in [0.25, 0.3) is 0 Å². The summed E-state index contributed by atoms with van der Waals surface area (Å²) in [6.45, 7) is 11.9. The van der Waals surface area contributed by atoms with Gasteiger partial charge in [-0.15, -0.1) is 0 Å². The molecule has 0 aliphatic carbocycles. The Balaban J connectivity index is 0.000000573. The van der Waals surface area contributed by atoms with Crippen molar-refractivity contribution in [2.45, 2.75) is 48.0 Å². The fraction of sp³-hybridized carbons (Fsp3) is 0.412. The second-order valence-electron chi connectivity index (χ2n) is 4.17. The van der Waals surface area contributed by atoms with E-state index in [-0.39, 0.29) is 5.39 Å². The van der Waals surface area contributed by atoms with E-state index in [0.29, 0.717) is 5.39 Å². The van der Waals surface area contributed by atoms with Crippen molar-refractivity contribution in [1.29, 1.82) is 0 Å². The third kappa shape index (κ3) is 4.30. The van der Waals surface area contributed by atoms with Gasteiger partial charge in [-0.2, -0.15) is 0 Å². The summed E-state index contributed by atoms with van der Waals surface area (Å²) >= 11 is 0. The van der Waals surface area contributed by atoms with Crippen LogP contribution in [0.2, 0.25) is 0 Å². The van der Waals surface area contributed by atoms with Crippen LogP contribution in [-0.2, 0) is 0 Å². The van der Waals surface area contributed by atoms with Crippen LogP contribution in [0.25, 0.3) is 10.8 Å². The molecule has 106 valence electrons. The maximum absolute atomic E-state index is 13.4. The molecule has 0 aromatic heterocycles. The molecular formula is C17H24F2. The number of rotatable bonds is 0. The molecule has 0 unspecified atom stereocenters. The molecule has 0 aliphatic rings. The Morgan fingerprint density at radius 3 is 2.00 bits per heavy atom. The number of aryl methyl sites for hydroxylation is 2. The molecule has 0 amide bonds. The first kappa shape index (κ1) is 17.6. The number of hydrogen-bond acceptors (Lipinski definition) is 0. The van der Waals surface area contributed by atoms with Gasteiger partial charge in [0, 0.05) is 0 Å². The average molecular weight is 266 g/mol. The van der Waals surface area contributed by atoms with Crippen LogP contribution < -0.4 is 0 Å². The quantitative estimate of drug-likeness (QED) is 0.534. The minimum Gasteiger partial charge on any atom is -0.206 e. The van der Waals surface area contributed by atoms with E-state index < -0.39 is 11.6 Å². The Kier molecular flexibility index (Phi) is 7.97. The van der Waals surface area contributed by atoms with Crippen LogP contribution in [-0.4, -0.2) is 0 Å². The summed E-state index contributed by atoms with van der Waals surface area (Å²) in [4.78, 5) is 0. The van der Waals surface area contributed by atoms with E-state index in [1.165, 1.54) is 18.6 Å². The summed E-state index contributed by atoms with van der Waals surface area (Å²) in [6.07, 6.45) is 1.25. The summed E-state index contributed by atoms with van der Waals surface area (Å²) in [7, 11) is 0. The number of halogens is 2. The van der Waals surface area contributed by atoms with Gasteiger partial charge in [-0.3, -0.25) is 0 Å². The number of benzene rings is 2. The van der Waals surface area contributed by atoms with Crippen LogP contribution in [0, 0.1) is 25.5 Å². The van der Waals surface area contributed by atoms with Crippen molar-refractivity contribution >= 4 is 10.8 Å². The van der Waals surface area contributed by atoms with E-state index in [1.807, 2.05) is 27.7 Å². The molecule has 0 bridgehead atoms. The minimum absolute atomic E-state index is 0.0931. The van der Waals surface area contributed by atoms with Crippen molar-refractivity contribution in [3.8, 4) is 0 Å². The lowest BCUT2D eigenvalue weighted by molar-refractivity contribution is 0.607. The van der Waals surface area contributed by atoms with Crippen molar-refractivity contribution in [3.05, 3.63) is 47.0 Å². The Hall–Kier alpha value is -1.44. The second-order valence-corrected chi connectivity index (χ2v) is 4.17. The molecule has 0 aliphatic heterocycles. The highest BCUT2D eigenvalue weighted by atomic mass is 19.1. The number of hydrogen-bond donors (Lipinski definition) is 0. The molecule has 2 aromatic rings. The van der Waals surface area contributed by atoms with Crippen LogP contribution >= 0.6 is 0 Å². The predicted molar refractivity (Wildman–Crippen MR) is 80.7 cm³/mol. The molecule has 0 N–H and O–H groups in total. The molecule has 0 atom stereocenters. The zero-order valence-electron chi connectivity index (χ0n) is 12.8. The van der Waals surface area contributed by atoms with Crippen LogP contribution in [0.3, 0.4) is 0 Å². The molecule has 2 aromatic carbocycles. The van der Waals surface area contributed by atoms with Crippen molar-refractivity contribution in [3.63, 3.8) is 0 Å². The molecule has 0 saturated carbocycles. The first-order chi connectivity index (χ1) is 9.02. The molecule has 0 heterocycles. The van der Waals surface area contributed by atoms with E-state index >= 15 is 0 Å². The normalized spacial score (nSPS) is 9.26. The topological polar surface area (TPSA) is 0 Å². The summed E-state index contributed by atoms with van der Waals surface area (Å²) < 4.78 is 26.8. The van der Waals surface area contributed by atoms with Gasteiger partial charge in [0.2, 0.25) is 0 Å². The Bertz CT molecular complexity index is 516. The fourth-order valence-electron chi connectivity index (χ4n) is 1.66. The Morgan fingerprint density at radius 1 is 0.947 bits per heavy atom. The molecule has 2 rings (SSSR count). The van der Waals surface area contributed by atoms with E-state index in [0.717, 1.165) is 11.1 Å². The third-order valence-corrected chi connectivity index (χ3v) is 2.59. The SMILES string of the molecule is CC.CCC.Cc1cc(F)c2c(F)cccc2c1C. The third-order valence-electron chi connectivity index (χ3n) is 2.59. The average Bonchev–Trinajstić information content (AvgIpc) is 2.39. The van der Waals surface area contributed by atoms with E-state index in [2.05, 4.69) is 13.8 Å². The molecule has 19 heavy (non-hydrogen) atoms. The lowest BCUT2D eigenvalue weighted by atomic mass is 10.0. The molecule has 0 fully saturated rings. The van der Waals surface area contributed by atoms with Gasteiger partial charge in [-0.1, -0.05) is 46.2 Å². The van der Waals surface area contributed by atoms with Gasteiger partial charge in [0.15, 0.2) is 0 Å². The zero-order chi connectivity index (χ0) is 15.0. The fourth-order valence-corrected chi connectivity index (χ4v) is 1.66. The molecule has 0 saturated heterocycles. The maximum Gasteiger partial charge on any atom is 0.134 e. The van der Waals surface area contributed by atoms with Gasteiger partial charge in [0.1, 0.15) is 11.6 Å². The minimum atomic E-state index is -0.497. The van der Waals surface area contributed by atoms with Crippen LogP contribution in [0.4, 0.5) is 8.78 Å². The predicted octanol–water partition coefficient (Wildman–Crippen LogP) is 6.18. The largest absolute Gasteiger partial charge is 0.206 e. The zero-order valence-corrected chi connectivity index (χ0v) is 12.8. The van der Waals surface area contributed by atoms with E-state index in [9.17, 15) is 8.78 Å².